The molecular weight excluding hydrogens is 448 g/mol. The number of benzene rings is 1. The van der Waals surface area contributed by atoms with Crippen LogP contribution >= 0.6 is 0 Å². The second-order valence-electron chi connectivity index (χ2n) is 11.9. The largest absolute Gasteiger partial charge is 0.385 e. The van der Waals surface area contributed by atoms with Crippen molar-refractivity contribution in [1.29, 1.82) is 0 Å². The van der Waals surface area contributed by atoms with Gasteiger partial charge in [0.05, 0.1) is 5.71 Å². The van der Waals surface area contributed by atoms with Gasteiger partial charge in [-0.05, 0) is 92.6 Å². The number of oxime groups is 1. The summed E-state index contributed by atoms with van der Waals surface area (Å²) in [7, 11) is 0. The molecule has 4 aliphatic rings. The monoisotopic (exact) mass is 488 g/mol. The molecule has 5 nitrogen and oxygen atoms in total. The Bertz CT molecular complexity index is 1090. The van der Waals surface area contributed by atoms with E-state index in [0.717, 1.165) is 63.5 Å². The molecule has 1 aromatic carbocycles. The average Bonchev–Trinajstić information content (AvgIpc) is 3.16. The second-order valence-corrected chi connectivity index (χ2v) is 11.9. The van der Waals surface area contributed by atoms with Gasteiger partial charge in [0.15, 0.2) is 6.61 Å². The van der Waals surface area contributed by atoms with E-state index in [1.165, 1.54) is 11.1 Å². The average molecular weight is 489 g/mol. The van der Waals surface area contributed by atoms with Crippen molar-refractivity contribution < 1.29 is 14.7 Å². The van der Waals surface area contributed by atoms with Crippen molar-refractivity contribution in [2.24, 2.45) is 33.7 Å². The Kier molecular flexibility index (Phi) is 6.76. The number of terminal acetylenes is 1. The zero-order valence-electron chi connectivity index (χ0n) is 21.8. The van der Waals surface area contributed by atoms with Gasteiger partial charge in [0, 0.05) is 12.0 Å². The predicted octanol–water partition coefficient (Wildman–Crippen LogP) is 5.05. The van der Waals surface area contributed by atoms with Crippen molar-refractivity contribution in [2.75, 3.05) is 13.2 Å². The van der Waals surface area contributed by atoms with Crippen molar-refractivity contribution in [1.82, 2.24) is 5.32 Å². The van der Waals surface area contributed by atoms with Gasteiger partial charge in [-0.25, -0.2) is 0 Å². The molecule has 0 aromatic heterocycles. The molecule has 0 bridgehead atoms. The third-order valence-corrected chi connectivity index (χ3v) is 10.3. The number of hydrogen-bond acceptors (Lipinski definition) is 4. The number of allylic oxidation sites excluding steroid dienone is 2. The van der Waals surface area contributed by atoms with Crippen molar-refractivity contribution in [3.63, 3.8) is 0 Å². The van der Waals surface area contributed by atoms with Crippen LogP contribution < -0.4 is 5.32 Å². The summed E-state index contributed by atoms with van der Waals surface area (Å²) in [4.78, 5) is 17.6. The number of rotatable bonds is 6. The zero-order valence-corrected chi connectivity index (χ0v) is 21.8. The van der Waals surface area contributed by atoms with Gasteiger partial charge >= 0.3 is 0 Å². The first-order valence-electron chi connectivity index (χ1n) is 13.7. The van der Waals surface area contributed by atoms with Crippen molar-refractivity contribution in [2.45, 2.75) is 77.2 Å². The Morgan fingerprint density at radius 1 is 1.14 bits per heavy atom. The molecule has 5 rings (SSSR count). The molecule has 6 atom stereocenters. The van der Waals surface area contributed by atoms with Crippen molar-refractivity contribution in [3.8, 4) is 12.3 Å². The number of carbonyl (C=O) groups excluding carboxylic acids is 1. The number of hydrogen-bond donors (Lipinski definition) is 2. The smallest absolute Gasteiger partial charge is 0.260 e. The van der Waals surface area contributed by atoms with E-state index in [0.29, 0.717) is 24.3 Å². The zero-order chi connectivity index (χ0) is 25.4. The van der Waals surface area contributed by atoms with Gasteiger partial charge in [-0.2, -0.15) is 0 Å². The van der Waals surface area contributed by atoms with Crippen LogP contribution in [0.2, 0.25) is 0 Å². The third-order valence-electron chi connectivity index (χ3n) is 10.3. The minimum atomic E-state index is -0.947. The Morgan fingerprint density at radius 2 is 1.92 bits per heavy atom. The molecule has 1 amide bonds. The van der Waals surface area contributed by atoms with Gasteiger partial charge in [-0.3, -0.25) is 4.79 Å². The molecular formula is C31H40N2O3. The SMILES string of the molecule is C#C[C@@]1(O)CC[C@H]2[C@@H]3CCC4=CC(=NOCC(=O)NCCc5ccccc5)CC[C@]4(C)[C@@H]3CC[C@@]21C. The maximum absolute atomic E-state index is 12.1. The molecule has 0 aliphatic heterocycles. The normalized spacial score (nSPS) is 38.2. The molecule has 3 fully saturated rings. The lowest BCUT2D eigenvalue weighted by Crippen LogP contribution is -2.54. The molecule has 0 radical (unpaired) electrons. The van der Waals surface area contributed by atoms with Gasteiger partial charge in [-0.1, -0.05) is 60.8 Å². The maximum Gasteiger partial charge on any atom is 0.260 e. The molecule has 0 spiro atoms. The fourth-order valence-electron chi connectivity index (χ4n) is 8.11. The van der Waals surface area contributed by atoms with Crippen LogP contribution in [0.3, 0.4) is 0 Å². The summed E-state index contributed by atoms with van der Waals surface area (Å²) < 4.78 is 0. The highest BCUT2D eigenvalue weighted by molar-refractivity contribution is 5.96. The number of nitrogens with one attached hydrogen (secondary N) is 1. The van der Waals surface area contributed by atoms with Crippen molar-refractivity contribution in [3.05, 3.63) is 47.5 Å². The lowest BCUT2D eigenvalue weighted by Gasteiger charge is -2.58. The maximum atomic E-state index is 12.1. The van der Waals surface area contributed by atoms with Gasteiger partial charge in [0.25, 0.3) is 5.91 Å². The summed E-state index contributed by atoms with van der Waals surface area (Å²) in [6, 6.07) is 10.1. The number of nitrogens with zero attached hydrogens (tertiary/aromatic N) is 1. The molecule has 4 aliphatic carbocycles. The van der Waals surface area contributed by atoms with E-state index in [1.807, 2.05) is 18.2 Å². The first kappa shape index (κ1) is 25.1. The number of carbonyl (C=O) groups is 1. The molecule has 3 saturated carbocycles. The van der Waals surface area contributed by atoms with Crippen LogP contribution in [0.1, 0.15) is 70.8 Å². The first-order chi connectivity index (χ1) is 17.3. The topological polar surface area (TPSA) is 70.9 Å². The van der Waals surface area contributed by atoms with Crippen molar-refractivity contribution >= 4 is 11.6 Å². The molecule has 1 aromatic rings. The van der Waals surface area contributed by atoms with E-state index < -0.39 is 5.60 Å². The second kappa shape index (κ2) is 9.71. The predicted molar refractivity (Wildman–Crippen MR) is 142 cm³/mol. The summed E-state index contributed by atoms with van der Waals surface area (Å²) in [6.45, 7) is 5.22. The lowest BCUT2D eigenvalue weighted by molar-refractivity contribution is -0.125. The van der Waals surface area contributed by atoms with Gasteiger partial charge in [0.2, 0.25) is 0 Å². The molecule has 0 unspecified atom stereocenters. The van der Waals surface area contributed by atoms with E-state index in [-0.39, 0.29) is 23.3 Å². The Labute approximate surface area is 215 Å². The van der Waals surface area contributed by atoms with Gasteiger partial charge < -0.3 is 15.3 Å². The van der Waals surface area contributed by atoms with Gasteiger partial charge in [0.1, 0.15) is 5.60 Å². The van der Waals surface area contributed by atoms with E-state index >= 15 is 0 Å². The number of amides is 1. The summed E-state index contributed by atoms with van der Waals surface area (Å²) >= 11 is 0. The summed E-state index contributed by atoms with van der Waals surface area (Å²) in [6.07, 6.45) is 16.9. The van der Waals surface area contributed by atoms with E-state index in [1.54, 1.807) is 0 Å². The third kappa shape index (κ3) is 4.28. The summed E-state index contributed by atoms with van der Waals surface area (Å²) in [5.41, 5.74) is 2.70. The number of aliphatic hydroxyl groups is 1. The van der Waals surface area contributed by atoms with E-state index in [4.69, 9.17) is 11.3 Å². The highest BCUT2D eigenvalue weighted by atomic mass is 16.6. The Balaban J connectivity index is 1.17. The van der Waals surface area contributed by atoms with Crippen LogP contribution in [0.4, 0.5) is 0 Å². The van der Waals surface area contributed by atoms with Crippen LogP contribution in [0.15, 0.2) is 47.1 Å². The van der Waals surface area contributed by atoms with Crippen LogP contribution in [0.5, 0.6) is 0 Å². The summed E-state index contributed by atoms with van der Waals surface area (Å²) in [5.74, 6) is 4.41. The standard InChI is InChI=1S/C31H40N2O3/c1-4-31(35)18-14-27-25-11-10-23-20-24(12-16-29(23,2)26(25)13-17-30(27,31)3)33-36-21-28(34)32-19-15-22-8-6-5-7-9-22/h1,5-9,20,25-27,35H,10-19,21H2,2-3H3,(H,32,34)/t25-,26-,27+,29+,30+,31-/m1/s1. The van der Waals surface area contributed by atoms with Crippen LogP contribution in [-0.4, -0.2) is 35.5 Å². The Hall–Kier alpha value is -2.58. The Morgan fingerprint density at radius 3 is 2.69 bits per heavy atom. The minimum Gasteiger partial charge on any atom is -0.385 e. The highest BCUT2D eigenvalue weighted by Crippen LogP contribution is 2.67. The van der Waals surface area contributed by atoms with Crippen LogP contribution in [-0.2, 0) is 16.1 Å². The van der Waals surface area contributed by atoms with Crippen LogP contribution in [0, 0.1) is 40.9 Å². The van der Waals surface area contributed by atoms with E-state index in [2.05, 4.69) is 48.4 Å². The number of fused-ring (bicyclic) bond motifs is 5. The van der Waals surface area contributed by atoms with Gasteiger partial charge in [-0.15, -0.1) is 6.42 Å². The first-order valence-corrected chi connectivity index (χ1v) is 13.7. The fourth-order valence-corrected chi connectivity index (χ4v) is 8.11. The molecule has 0 saturated heterocycles. The van der Waals surface area contributed by atoms with Crippen LogP contribution in [0.25, 0.3) is 0 Å². The lowest BCUT2D eigenvalue weighted by atomic mass is 9.46. The molecule has 2 N–H and O–H groups in total. The highest BCUT2D eigenvalue weighted by Gasteiger charge is 2.63. The minimum absolute atomic E-state index is 0.0538. The van der Waals surface area contributed by atoms with E-state index in [9.17, 15) is 9.90 Å². The quantitative estimate of drug-likeness (QED) is 0.435. The fraction of sp³-hybridized carbons (Fsp3) is 0.613. The summed E-state index contributed by atoms with van der Waals surface area (Å²) in [5, 5.41) is 18.4. The molecule has 192 valence electrons. The molecule has 0 heterocycles. The molecule has 5 heteroatoms. The molecule has 36 heavy (non-hydrogen) atoms.